The number of rotatable bonds is 1. The number of hydrogen-bond acceptors (Lipinski definition) is 3. The van der Waals surface area contributed by atoms with Gasteiger partial charge in [-0.15, -0.1) is 6.42 Å². The summed E-state index contributed by atoms with van der Waals surface area (Å²) in [5, 5.41) is 0. The van der Waals surface area contributed by atoms with Crippen molar-refractivity contribution >= 4 is 6.09 Å². The second kappa shape index (κ2) is 3.74. The quantitative estimate of drug-likeness (QED) is 0.613. The molecular weight excluding hydrogens is 194 g/mol. The predicted octanol–water partition coefficient (Wildman–Crippen LogP) is 1.26. The molecule has 0 atom stereocenters. The fourth-order valence-corrected chi connectivity index (χ4v) is 1.17. The highest BCUT2D eigenvalue weighted by atomic mass is 16.6. The van der Waals surface area contributed by atoms with E-state index in [0.717, 1.165) is 0 Å². The third-order valence-corrected chi connectivity index (χ3v) is 2.26. The van der Waals surface area contributed by atoms with Gasteiger partial charge in [0, 0.05) is 7.05 Å². The Morgan fingerprint density at radius 3 is 2.33 bits per heavy atom. The monoisotopic (exact) mass is 211 g/mol. The van der Waals surface area contributed by atoms with E-state index in [2.05, 4.69) is 5.92 Å². The smallest absolute Gasteiger partial charge is 0.411 e. The molecule has 4 heteroatoms. The molecule has 0 aliphatic carbocycles. The Balaban J connectivity index is 2.65. The van der Waals surface area contributed by atoms with Crippen LogP contribution in [-0.2, 0) is 9.47 Å². The van der Waals surface area contributed by atoms with Crippen molar-refractivity contribution < 1.29 is 14.3 Å². The maximum atomic E-state index is 11.7. The van der Waals surface area contributed by atoms with Gasteiger partial charge in [-0.1, -0.05) is 5.92 Å². The SMILES string of the molecule is C#CC1(N(C)C(=O)OC(C)(C)C)COC1. The third kappa shape index (κ3) is 2.42. The molecule has 1 heterocycles. The molecule has 0 aromatic heterocycles. The summed E-state index contributed by atoms with van der Waals surface area (Å²) in [5.74, 6) is 2.58. The van der Waals surface area contributed by atoms with E-state index in [9.17, 15) is 4.79 Å². The van der Waals surface area contributed by atoms with Crippen LogP contribution < -0.4 is 0 Å². The normalized spacial score (nSPS) is 18.6. The average Bonchev–Trinajstić information content (AvgIpc) is 1.99. The molecule has 0 spiro atoms. The summed E-state index contributed by atoms with van der Waals surface area (Å²) in [6.45, 7) is 6.20. The summed E-state index contributed by atoms with van der Waals surface area (Å²) >= 11 is 0. The number of terminal acetylenes is 1. The Kier molecular flexibility index (Phi) is 2.96. The number of nitrogens with zero attached hydrogens (tertiary/aromatic N) is 1. The molecule has 4 nitrogen and oxygen atoms in total. The standard InChI is InChI=1S/C11H17NO3/c1-6-11(7-14-8-11)12(5)9(13)15-10(2,3)4/h1H,7-8H2,2-5H3. The molecule has 1 amide bonds. The minimum absolute atomic E-state index is 0.374. The molecule has 84 valence electrons. The zero-order valence-electron chi connectivity index (χ0n) is 9.66. The van der Waals surface area contributed by atoms with Crippen LogP contribution in [0, 0.1) is 12.3 Å². The van der Waals surface area contributed by atoms with E-state index in [1.165, 1.54) is 4.90 Å². The van der Waals surface area contributed by atoms with Gasteiger partial charge in [-0.05, 0) is 20.8 Å². The number of hydrogen-bond donors (Lipinski definition) is 0. The predicted molar refractivity (Wildman–Crippen MR) is 56.4 cm³/mol. The molecule has 0 bridgehead atoms. The van der Waals surface area contributed by atoms with Crippen molar-refractivity contribution in [2.24, 2.45) is 0 Å². The van der Waals surface area contributed by atoms with Gasteiger partial charge in [0.2, 0.25) is 0 Å². The van der Waals surface area contributed by atoms with Gasteiger partial charge in [0.05, 0.1) is 13.2 Å². The molecule has 1 fully saturated rings. The van der Waals surface area contributed by atoms with Gasteiger partial charge < -0.3 is 9.47 Å². The Hall–Kier alpha value is -1.21. The lowest BCUT2D eigenvalue weighted by atomic mass is 9.97. The lowest BCUT2D eigenvalue weighted by molar-refractivity contribution is -0.0983. The first-order valence-corrected chi connectivity index (χ1v) is 4.83. The van der Waals surface area contributed by atoms with Gasteiger partial charge in [0.1, 0.15) is 5.60 Å². The summed E-state index contributed by atoms with van der Waals surface area (Å²) in [4.78, 5) is 13.1. The molecule has 0 aromatic rings. The van der Waals surface area contributed by atoms with Crippen molar-refractivity contribution in [1.29, 1.82) is 0 Å². The zero-order valence-corrected chi connectivity index (χ0v) is 9.66. The van der Waals surface area contributed by atoms with Crippen molar-refractivity contribution in [2.75, 3.05) is 20.3 Å². The summed E-state index contributed by atoms with van der Waals surface area (Å²) in [6, 6.07) is 0. The molecule has 15 heavy (non-hydrogen) atoms. The molecule has 0 saturated carbocycles. The first kappa shape index (κ1) is 11.9. The van der Waals surface area contributed by atoms with Crippen LogP contribution in [0.25, 0.3) is 0 Å². The minimum atomic E-state index is -0.623. The van der Waals surface area contributed by atoms with E-state index in [1.54, 1.807) is 7.05 Å². The van der Waals surface area contributed by atoms with Crippen LogP contribution in [0.15, 0.2) is 0 Å². The van der Waals surface area contributed by atoms with Gasteiger partial charge in [0.25, 0.3) is 0 Å². The number of carbonyl (C=O) groups excluding carboxylic acids is 1. The van der Waals surface area contributed by atoms with Gasteiger partial charge in [-0.3, -0.25) is 4.90 Å². The Labute approximate surface area is 90.5 Å². The lowest BCUT2D eigenvalue weighted by Gasteiger charge is -2.43. The fraction of sp³-hybridized carbons (Fsp3) is 0.727. The maximum absolute atomic E-state index is 11.7. The van der Waals surface area contributed by atoms with Crippen LogP contribution in [0.1, 0.15) is 20.8 Å². The second-order valence-electron chi connectivity index (χ2n) is 4.71. The molecule has 1 aliphatic heterocycles. The summed E-state index contributed by atoms with van der Waals surface area (Å²) < 4.78 is 10.3. The number of likely N-dealkylation sites (N-methyl/N-ethyl adjacent to an activating group) is 1. The first-order chi connectivity index (χ1) is 6.81. The van der Waals surface area contributed by atoms with E-state index in [-0.39, 0.29) is 0 Å². The zero-order chi connectivity index (χ0) is 11.7. The van der Waals surface area contributed by atoms with Gasteiger partial charge >= 0.3 is 6.09 Å². The molecule has 1 rings (SSSR count). The molecular formula is C11H17NO3. The molecule has 0 radical (unpaired) electrons. The molecule has 1 saturated heterocycles. The Morgan fingerprint density at radius 2 is 2.07 bits per heavy atom. The lowest BCUT2D eigenvalue weighted by Crippen LogP contribution is -2.62. The average molecular weight is 211 g/mol. The number of ether oxygens (including phenoxy) is 2. The van der Waals surface area contributed by atoms with E-state index >= 15 is 0 Å². The highest BCUT2D eigenvalue weighted by Crippen LogP contribution is 2.24. The summed E-state index contributed by atoms with van der Waals surface area (Å²) in [5.41, 5.74) is -1.13. The molecule has 1 aliphatic rings. The Morgan fingerprint density at radius 1 is 1.53 bits per heavy atom. The van der Waals surface area contributed by atoms with E-state index in [4.69, 9.17) is 15.9 Å². The highest BCUT2D eigenvalue weighted by molar-refractivity contribution is 5.70. The first-order valence-electron chi connectivity index (χ1n) is 4.83. The van der Waals surface area contributed by atoms with Crippen molar-refractivity contribution in [2.45, 2.75) is 31.9 Å². The summed E-state index contributed by atoms with van der Waals surface area (Å²) in [7, 11) is 1.64. The van der Waals surface area contributed by atoms with Crippen LogP contribution in [0.2, 0.25) is 0 Å². The van der Waals surface area contributed by atoms with Crippen molar-refractivity contribution in [3.8, 4) is 12.3 Å². The maximum Gasteiger partial charge on any atom is 0.411 e. The molecule has 0 N–H and O–H groups in total. The van der Waals surface area contributed by atoms with Crippen LogP contribution in [0.4, 0.5) is 4.79 Å². The van der Waals surface area contributed by atoms with Crippen molar-refractivity contribution in [1.82, 2.24) is 4.90 Å². The number of carbonyl (C=O) groups is 1. The topological polar surface area (TPSA) is 38.8 Å². The molecule has 0 unspecified atom stereocenters. The molecule has 0 aromatic carbocycles. The van der Waals surface area contributed by atoms with Gasteiger partial charge in [0.15, 0.2) is 5.54 Å². The van der Waals surface area contributed by atoms with Gasteiger partial charge in [-0.25, -0.2) is 4.79 Å². The van der Waals surface area contributed by atoms with Crippen molar-refractivity contribution in [3.05, 3.63) is 0 Å². The van der Waals surface area contributed by atoms with E-state index in [1.807, 2.05) is 20.8 Å². The van der Waals surface area contributed by atoms with E-state index in [0.29, 0.717) is 13.2 Å². The van der Waals surface area contributed by atoms with Crippen LogP contribution in [-0.4, -0.2) is 42.4 Å². The third-order valence-electron chi connectivity index (χ3n) is 2.26. The largest absolute Gasteiger partial charge is 0.444 e. The summed E-state index contributed by atoms with van der Waals surface area (Å²) in [6.07, 6.45) is 4.98. The van der Waals surface area contributed by atoms with Crippen molar-refractivity contribution in [3.63, 3.8) is 0 Å². The Bertz CT molecular complexity index is 294. The van der Waals surface area contributed by atoms with Crippen LogP contribution >= 0.6 is 0 Å². The second-order valence-corrected chi connectivity index (χ2v) is 4.71. The highest BCUT2D eigenvalue weighted by Gasteiger charge is 2.44. The minimum Gasteiger partial charge on any atom is -0.444 e. The number of amides is 1. The van der Waals surface area contributed by atoms with E-state index < -0.39 is 17.2 Å². The fourth-order valence-electron chi connectivity index (χ4n) is 1.17. The van der Waals surface area contributed by atoms with Gasteiger partial charge in [-0.2, -0.15) is 0 Å². The van der Waals surface area contributed by atoms with Crippen LogP contribution in [0.5, 0.6) is 0 Å². The van der Waals surface area contributed by atoms with Crippen LogP contribution in [0.3, 0.4) is 0 Å².